The maximum absolute atomic E-state index is 13.7. The number of aromatic nitrogens is 2. The predicted octanol–water partition coefficient (Wildman–Crippen LogP) is 2.47. The van der Waals surface area contributed by atoms with Crippen LogP contribution < -0.4 is 21.3 Å². The summed E-state index contributed by atoms with van der Waals surface area (Å²) in [5.41, 5.74) is -2.58. The van der Waals surface area contributed by atoms with Gasteiger partial charge in [-0.2, -0.15) is 0 Å². The fourth-order valence-electron chi connectivity index (χ4n) is 3.95. The number of aryl methyl sites for hydroxylation is 1. The van der Waals surface area contributed by atoms with E-state index >= 15 is 0 Å². The zero-order valence-electron chi connectivity index (χ0n) is 21.1. The van der Waals surface area contributed by atoms with Gasteiger partial charge in [0.1, 0.15) is 21.0 Å². The monoisotopic (exact) mass is 515 g/mol. The van der Waals surface area contributed by atoms with Crippen molar-refractivity contribution >= 4 is 39.2 Å². The molecule has 11 heteroatoms. The number of carbonyl (C=O) groups excluding carboxylic acids is 3. The summed E-state index contributed by atoms with van der Waals surface area (Å²) in [5.74, 6) is -1.29. The second-order valence-electron chi connectivity index (χ2n) is 8.51. The highest BCUT2D eigenvalue weighted by Crippen LogP contribution is 2.30. The second-order valence-corrected chi connectivity index (χ2v) is 9.51. The first kappa shape index (κ1) is 26.9. The average molecular weight is 516 g/mol. The summed E-state index contributed by atoms with van der Waals surface area (Å²) in [7, 11) is 1.43. The number of ketones is 1. The lowest BCUT2D eigenvalue weighted by Gasteiger charge is -2.26. The van der Waals surface area contributed by atoms with Crippen LogP contribution in [0, 0.1) is 6.92 Å². The molecule has 0 aliphatic rings. The number of carbonyl (C=O) groups is 3. The van der Waals surface area contributed by atoms with Gasteiger partial charge in [0, 0.05) is 6.54 Å². The number of nitrogens with zero attached hydrogens (tertiary/aromatic N) is 2. The van der Waals surface area contributed by atoms with Gasteiger partial charge in [0.15, 0.2) is 5.78 Å². The summed E-state index contributed by atoms with van der Waals surface area (Å²) in [6.07, 6.45) is 0. The Morgan fingerprint density at radius 1 is 1.11 bits per heavy atom. The molecule has 10 nitrogen and oxygen atoms in total. The SMILES string of the molecule is CCNC(=O)C(C)(C)n1c(=O)c2c(C)c(C(=O)OCC)sc2n(CC(=O)c2ccccc2OC)c1=O. The van der Waals surface area contributed by atoms with Crippen LogP contribution in [0.15, 0.2) is 33.9 Å². The molecule has 36 heavy (non-hydrogen) atoms. The average Bonchev–Trinajstić information content (AvgIpc) is 3.19. The molecule has 0 fully saturated rings. The highest BCUT2D eigenvalue weighted by atomic mass is 32.1. The highest BCUT2D eigenvalue weighted by molar-refractivity contribution is 7.20. The molecule has 0 saturated carbocycles. The molecular formula is C25H29N3O7S. The number of amides is 1. The minimum atomic E-state index is -1.58. The molecule has 2 aromatic heterocycles. The third kappa shape index (κ3) is 4.58. The zero-order valence-corrected chi connectivity index (χ0v) is 21.9. The topological polar surface area (TPSA) is 126 Å². The van der Waals surface area contributed by atoms with Crippen molar-refractivity contribution in [3.63, 3.8) is 0 Å². The Morgan fingerprint density at radius 2 is 1.78 bits per heavy atom. The molecule has 2 heterocycles. The number of methoxy groups -OCH3 is 1. The summed E-state index contributed by atoms with van der Waals surface area (Å²) in [4.78, 5) is 66.4. The van der Waals surface area contributed by atoms with Crippen molar-refractivity contribution < 1.29 is 23.9 Å². The van der Waals surface area contributed by atoms with E-state index in [0.717, 1.165) is 20.5 Å². The lowest BCUT2D eigenvalue weighted by molar-refractivity contribution is -0.128. The number of fused-ring (bicyclic) bond motifs is 1. The first-order valence-corrected chi connectivity index (χ1v) is 12.2. The van der Waals surface area contributed by atoms with E-state index < -0.39 is 41.0 Å². The van der Waals surface area contributed by atoms with Gasteiger partial charge in [0.05, 0.1) is 31.2 Å². The molecule has 1 amide bonds. The van der Waals surface area contributed by atoms with E-state index in [2.05, 4.69) is 5.32 Å². The van der Waals surface area contributed by atoms with Gasteiger partial charge in [-0.05, 0) is 52.3 Å². The van der Waals surface area contributed by atoms with E-state index in [1.807, 2.05) is 0 Å². The lowest BCUT2D eigenvalue weighted by atomic mass is 10.0. The molecule has 0 unspecified atom stereocenters. The minimum absolute atomic E-state index is 0.0767. The third-order valence-electron chi connectivity index (χ3n) is 5.83. The highest BCUT2D eigenvalue weighted by Gasteiger charge is 2.36. The number of hydrogen-bond acceptors (Lipinski definition) is 8. The molecule has 192 valence electrons. The van der Waals surface area contributed by atoms with E-state index in [1.54, 1.807) is 45.0 Å². The van der Waals surface area contributed by atoms with Crippen LogP contribution in [0.1, 0.15) is 53.3 Å². The van der Waals surface area contributed by atoms with Crippen LogP contribution in [0.3, 0.4) is 0 Å². The lowest BCUT2D eigenvalue weighted by Crippen LogP contribution is -2.55. The fourth-order valence-corrected chi connectivity index (χ4v) is 5.14. The number of hydrogen-bond donors (Lipinski definition) is 1. The van der Waals surface area contributed by atoms with Crippen LogP contribution in [-0.4, -0.2) is 47.1 Å². The van der Waals surface area contributed by atoms with E-state index in [-0.39, 0.29) is 27.3 Å². The standard InChI is InChI=1S/C25H29N3O7S/c1-7-26-23(32)25(4,5)28-20(30)18-14(3)19(22(31)35-8-2)36-21(18)27(24(28)33)13-16(29)15-11-9-10-12-17(15)34-6/h9-12H,7-8,13H2,1-6H3,(H,26,32). The molecule has 1 aromatic carbocycles. The maximum Gasteiger partial charge on any atom is 0.348 e. The van der Waals surface area contributed by atoms with Crippen molar-refractivity contribution in [1.29, 1.82) is 0 Å². The Balaban J connectivity index is 2.36. The summed E-state index contributed by atoms with van der Waals surface area (Å²) in [5, 5.41) is 2.72. The number of para-hydroxylation sites is 1. The maximum atomic E-state index is 13.7. The van der Waals surface area contributed by atoms with Gasteiger partial charge >= 0.3 is 11.7 Å². The van der Waals surface area contributed by atoms with E-state index in [9.17, 15) is 24.0 Å². The number of rotatable bonds is 9. The van der Waals surface area contributed by atoms with Crippen LogP contribution in [0.25, 0.3) is 10.2 Å². The molecular weight excluding hydrogens is 486 g/mol. The van der Waals surface area contributed by atoms with Crippen LogP contribution in [0.4, 0.5) is 0 Å². The molecule has 0 radical (unpaired) electrons. The fraction of sp³-hybridized carbons (Fsp3) is 0.400. The largest absolute Gasteiger partial charge is 0.496 e. The number of thiophene rings is 1. The molecule has 0 aliphatic heterocycles. The van der Waals surface area contributed by atoms with Crippen molar-refractivity contribution in [2.75, 3.05) is 20.3 Å². The number of likely N-dealkylation sites (N-methyl/N-ethyl adjacent to an activating group) is 1. The van der Waals surface area contributed by atoms with Crippen molar-refractivity contribution in [1.82, 2.24) is 14.5 Å². The molecule has 3 rings (SSSR count). The number of Topliss-reactive ketones (excluding diaryl/α,β-unsaturated/α-hetero) is 1. The Hall–Kier alpha value is -3.73. The number of nitrogens with one attached hydrogen (secondary N) is 1. The Kier molecular flexibility index (Phi) is 7.83. The molecule has 0 spiro atoms. The van der Waals surface area contributed by atoms with Gasteiger partial charge < -0.3 is 14.8 Å². The number of benzene rings is 1. The Morgan fingerprint density at radius 3 is 2.39 bits per heavy atom. The summed E-state index contributed by atoms with van der Waals surface area (Å²) in [6.45, 7) is 7.84. The van der Waals surface area contributed by atoms with Gasteiger partial charge in [-0.15, -0.1) is 11.3 Å². The summed E-state index contributed by atoms with van der Waals surface area (Å²) in [6, 6.07) is 6.57. The second kappa shape index (κ2) is 10.5. The normalized spacial score (nSPS) is 11.4. The van der Waals surface area contributed by atoms with Gasteiger partial charge in [0.2, 0.25) is 5.91 Å². The zero-order chi connectivity index (χ0) is 26.8. The van der Waals surface area contributed by atoms with Crippen molar-refractivity contribution in [2.24, 2.45) is 0 Å². The van der Waals surface area contributed by atoms with Gasteiger partial charge in [-0.25, -0.2) is 14.2 Å². The minimum Gasteiger partial charge on any atom is -0.496 e. The molecule has 0 saturated heterocycles. The molecule has 1 N–H and O–H groups in total. The van der Waals surface area contributed by atoms with Crippen molar-refractivity contribution in [3.05, 3.63) is 61.1 Å². The van der Waals surface area contributed by atoms with Crippen LogP contribution in [0.5, 0.6) is 5.75 Å². The summed E-state index contributed by atoms with van der Waals surface area (Å²) >= 11 is 0.903. The smallest absolute Gasteiger partial charge is 0.348 e. The van der Waals surface area contributed by atoms with Gasteiger partial charge in [-0.3, -0.25) is 19.0 Å². The van der Waals surface area contributed by atoms with Crippen molar-refractivity contribution in [3.8, 4) is 5.75 Å². The van der Waals surface area contributed by atoms with Crippen LogP contribution in [-0.2, 0) is 21.6 Å². The third-order valence-corrected chi connectivity index (χ3v) is 7.13. The van der Waals surface area contributed by atoms with Crippen LogP contribution >= 0.6 is 11.3 Å². The van der Waals surface area contributed by atoms with E-state index in [4.69, 9.17) is 9.47 Å². The first-order chi connectivity index (χ1) is 17.0. The Labute approximate surface area is 211 Å². The van der Waals surface area contributed by atoms with E-state index in [1.165, 1.54) is 21.0 Å². The van der Waals surface area contributed by atoms with Gasteiger partial charge in [0.25, 0.3) is 5.56 Å². The Bertz CT molecular complexity index is 1460. The van der Waals surface area contributed by atoms with Gasteiger partial charge in [-0.1, -0.05) is 12.1 Å². The predicted molar refractivity (Wildman–Crippen MR) is 136 cm³/mol. The molecule has 0 aliphatic carbocycles. The van der Waals surface area contributed by atoms with E-state index in [0.29, 0.717) is 17.9 Å². The van der Waals surface area contributed by atoms with Crippen molar-refractivity contribution in [2.45, 2.75) is 46.7 Å². The molecule has 0 atom stereocenters. The summed E-state index contributed by atoms with van der Waals surface area (Å²) < 4.78 is 12.4. The number of esters is 1. The van der Waals surface area contributed by atoms with Crippen LogP contribution in [0.2, 0.25) is 0 Å². The molecule has 3 aromatic rings. The quantitative estimate of drug-likeness (QED) is 0.343. The molecule has 0 bridgehead atoms. The number of ether oxygens (including phenoxy) is 2. The first-order valence-electron chi connectivity index (χ1n) is 11.4.